The molecule has 2 aromatic carbocycles. The van der Waals surface area contributed by atoms with Gasteiger partial charge in [-0.2, -0.15) is 26.3 Å². The van der Waals surface area contributed by atoms with E-state index in [2.05, 4.69) is 0 Å². The van der Waals surface area contributed by atoms with Crippen LogP contribution in [0.5, 0.6) is 0 Å². The van der Waals surface area contributed by atoms with Crippen molar-refractivity contribution in [2.75, 3.05) is 6.61 Å². The van der Waals surface area contributed by atoms with Crippen LogP contribution in [-0.2, 0) is 17.1 Å². The Morgan fingerprint density at radius 1 is 0.708 bits per heavy atom. The number of hydrogen-bond donors (Lipinski definition) is 0. The molecule has 0 amide bonds. The van der Waals surface area contributed by atoms with Gasteiger partial charge in [0, 0.05) is 6.61 Å². The first-order valence-corrected chi connectivity index (χ1v) is 7.09. The monoisotopic (exact) mass is 348 g/mol. The van der Waals surface area contributed by atoms with Gasteiger partial charge in [0.05, 0.1) is 11.1 Å². The summed E-state index contributed by atoms with van der Waals surface area (Å²) in [5.41, 5.74) is -0.725. The smallest absolute Gasteiger partial charge is 0.369 e. The molecule has 0 heterocycles. The summed E-state index contributed by atoms with van der Waals surface area (Å²) in [6.45, 7) is 1.95. The summed E-state index contributed by atoms with van der Waals surface area (Å²) in [5, 5.41) is 0. The van der Waals surface area contributed by atoms with Crippen molar-refractivity contribution in [1.82, 2.24) is 0 Å². The molecule has 0 aliphatic carbocycles. The Balaban J connectivity index is 2.32. The molecule has 0 saturated heterocycles. The highest BCUT2D eigenvalue weighted by atomic mass is 19.4. The molecule has 0 N–H and O–H groups in total. The van der Waals surface area contributed by atoms with Crippen molar-refractivity contribution < 1.29 is 31.1 Å². The van der Waals surface area contributed by atoms with Crippen LogP contribution in [0.15, 0.2) is 48.5 Å². The standard InChI is InChI=1S/C17H14F6O/c1-2-24-15(11-3-7-13(8-4-11)16(18,19)20)12-5-9-14(10-6-12)17(21,22)23/h3-10,15H,2H2,1H3. The van der Waals surface area contributed by atoms with Crippen LogP contribution in [0, 0.1) is 0 Å². The number of rotatable bonds is 4. The van der Waals surface area contributed by atoms with E-state index in [9.17, 15) is 26.3 Å². The summed E-state index contributed by atoms with van der Waals surface area (Å²) in [5.74, 6) is 0. The Hall–Kier alpha value is -2.02. The molecule has 0 fully saturated rings. The lowest BCUT2D eigenvalue weighted by atomic mass is 9.99. The molecule has 130 valence electrons. The van der Waals surface area contributed by atoms with Crippen molar-refractivity contribution in [2.45, 2.75) is 25.4 Å². The summed E-state index contributed by atoms with van der Waals surface area (Å²) in [4.78, 5) is 0. The number of ether oxygens (including phenoxy) is 1. The highest BCUT2D eigenvalue weighted by Crippen LogP contribution is 2.34. The molecule has 0 aliphatic heterocycles. The molecule has 0 unspecified atom stereocenters. The van der Waals surface area contributed by atoms with Crippen LogP contribution in [0.2, 0.25) is 0 Å². The normalized spacial score (nSPS) is 12.7. The van der Waals surface area contributed by atoms with Gasteiger partial charge in [-0.05, 0) is 42.3 Å². The minimum Gasteiger partial charge on any atom is -0.369 e. The summed E-state index contributed by atoms with van der Waals surface area (Å²) in [7, 11) is 0. The van der Waals surface area contributed by atoms with Gasteiger partial charge in [-0.25, -0.2) is 0 Å². The first kappa shape index (κ1) is 18.3. The van der Waals surface area contributed by atoms with E-state index in [-0.39, 0.29) is 6.61 Å². The fourth-order valence-corrected chi connectivity index (χ4v) is 2.25. The van der Waals surface area contributed by atoms with Gasteiger partial charge in [-0.1, -0.05) is 24.3 Å². The van der Waals surface area contributed by atoms with Gasteiger partial charge in [-0.3, -0.25) is 0 Å². The van der Waals surface area contributed by atoms with Crippen molar-refractivity contribution >= 4 is 0 Å². The molecule has 0 spiro atoms. The minimum absolute atomic E-state index is 0.257. The second-order valence-electron chi connectivity index (χ2n) is 5.07. The van der Waals surface area contributed by atoms with Crippen LogP contribution in [0.25, 0.3) is 0 Å². The fourth-order valence-electron chi connectivity index (χ4n) is 2.25. The van der Waals surface area contributed by atoms with Gasteiger partial charge in [-0.15, -0.1) is 0 Å². The SMILES string of the molecule is CCOC(c1ccc(C(F)(F)F)cc1)c1ccc(C(F)(F)F)cc1. The quantitative estimate of drug-likeness (QED) is 0.630. The summed E-state index contributed by atoms with van der Waals surface area (Å²) in [6.07, 6.45) is -9.64. The van der Waals surface area contributed by atoms with Crippen molar-refractivity contribution in [3.63, 3.8) is 0 Å². The van der Waals surface area contributed by atoms with Crippen molar-refractivity contribution in [3.8, 4) is 0 Å². The minimum atomic E-state index is -4.45. The van der Waals surface area contributed by atoms with E-state index in [1.165, 1.54) is 24.3 Å². The molecule has 2 rings (SSSR count). The van der Waals surface area contributed by atoms with Gasteiger partial charge < -0.3 is 4.74 Å². The van der Waals surface area contributed by atoms with E-state index in [0.29, 0.717) is 11.1 Å². The molecule has 24 heavy (non-hydrogen) atoms. The third-order valence-corrected chi connectivity index (χ3v) is 3.41. The Labute approximate surface area is 134 Å². The van der Waals surface area contributed by atoms with Crippen molar-refractivity contribution in [3.05, 3.63) is 70.8 Å². The number of alkyl halides is 6. The van der Waals surface area contributed by atoms with Gasteiger partial charge in [0.25, 0.3) is 0 Å². The van der Waals surface area contributed by atoms with E-state index >= 15 is 0 Å². The summed E-state index contributed by atoms with van der Waals surface area (Å²) < 4.78 is 81.2. The number of hydrogen-bond acceptors (Lipinski definition) is 1. The Bertz CT molecular complexity index is 598. The molecular formula is C17H14F6O. The number of benzene rings is 2. The first-order chi connectivity index (χ1) is 11.1. The van der Waals surface area contributed by atoms with E-state index in [1.807, 2.05) is 0 Å². The third-order valence-electron chi connectivity index (χ3n) is 3.41. The van der Waals surface area contributed by atoms with Gasteiger partial charge in [0.2, 0.25) is 0 Å². The molecule has 0 atom stereocenters. The zero-order valence-corrected chi connectivity index (χ0v) is 12.6. The lowest BCUT2D eigenvalue weighted by Gasteiger charge is -2.19. The van der Waals surface area contributed by atoms with Crippen LogP contribution in [0.1, 0.15) is 35.3 Å². The third kappa shape index (κ3) is 4.29. The summed E-state index contributed by atoms with van der Waals surface area (Å²) in [6, 6.07) is 8.75. The largest absolute Gasteiger partial charge is 0.416 e. The lowest BCUT2D eigenvalue weighted by Crippen LogP contribution is -2.10. The van der Waals surface area contributed by atoms with E-state index in [1.54, 1.807) is 6.92 Å². The van der Waals surface area contributed by atoms with Crippen LogP contribution >= 0.6 is 0 Å². The van der Waals surface area contributed by atoms with Crippen LogP contribution in [-0.4, -0.2) is 6.61 Å². The Morgan fingerprint density at radius 3 is 1.29 bits per heavy atom. The molecular weight excluding hydrogens is 334 g/mol. The van der Waals surface area contributed by atoms with E-state index in [4.69, 9.17) is 4.74 Å². The fraction of sp³-hybridized carbons (Fsp3) is 0.294. The second-order valence-corrected chi connectivity index (χ2v) is 5.07. The van der Waals surface area contributed by atoms with Gasteiger partial charge in [0.15, 0.2) is 0 Å². The molecule has 0 radical (unpaired) electrons. The maximum Gasteiger partial charge on any atom is 0.416 e. The highest BCUT2D eigenvalue weighted by molar-refractivity contribution is 5.35. The Kier molecular flexibility index (Phi) is 5.22. The zero-order valence-electron chi connectivity index (χ0n) is 12.6. The van der Waals surface area contributed by atoms with Gasteiger partial charge in [0.1, 0.15) is 6.10 Å². The molecule has 0 aromatic heterocycles. The predicted molar refractivity (Wildman–Crippen MR) is 76.4 cm³/mol. The topological polar surface area (TPSA) is 9.23 Å². The van der Waals surface area contributed by atoms with Gasteiger partial charge >= 0.3 is 12.4 Å². The van der Waals surface area contributed by atoms with Crippen LogP contribution in [0.3, 0.4) is 0 Å². The van der Waals surface area contributed by atoms with Crippen molar-refractivity contribution in [1.29, 1.82) is 0 Å². The van der Waals surface area contributed by atoms with Crippen LogP contribution < -0.4 is 0 Å². The van der Waals surface area contributed by atoms with Crippen molar-refractivity contribution in [2.24, 2.45) is 0 Å². The zero-order chi connectivity index (χ0) is 18.0. The lowest BCUT2D eigenvalue weighted by molar-refractivity contribution is -0.138. The molecule has 1 nitrogen and oxygen atoms in total. The van der Waals surface area contributed by atoms with E-state index < -0.39 is 29.6 Å². The van der Waals surface area contributed by atoms with Crippen LogP contribution in [0.4, 0.5) is 26.3 Å². The average Bonchev–Trinajstić information content (AvgIpc) is 2.51. The molecule has 2 aromatic rings. The number of halogens is 6. The molecule has 0 saturated carbocycles. The Morgan fingerprint density at radius 2 is 1.04 bits per heavy atom. The molecule has 7 heteroatoms. The first-order valence-electron chi connectivity index (χ1n) is 7.09. The second kappa shape index (κ2) is 6.84. The maximum absolute atomic E-state index is 12.6. The molecule has 0 bridgehead atoms. The predicted octanol–water partition coefficient (Wildman–Crippen LogP) is 5.85. The average molecular weight is 348 g/mol. The highest BCUT2D eigenvalue weighted by Gasteiger charge is 2.31. The van der Waals surface area contributed by atoms with E-state index in [0.717, 1.165) is 24.3 Å². The summed E-state index contributed by atoms with van der Waals surface area (Å²) >= 11 is 0. The molecule has 0 aliphatic rings. The maximum atomic E-state index is 12.6.